The summed E-state index contributed by atoms with van der Waals surface area (Å²) in [6.45, 7) is 6.33. The number of rotatable bonds is 4. The first-order valence-corrected chi connectivity index (χ1v) is 10.1. The number of piperidine rings is 1. The largest absolute Gasteiger partial charge is 0.353 e. The zero-order valence-corrected chi connectivity index (χ0v) is 16.3. The summed E-state index contributed by atoms with van der Waals surface area (Å²) in [6.07, 6.45) is 12.2. The van der Waals surface area contributed by atoms with Crippen LogP contribution in [0.25, 0.3) is 5.69 Å². The molecule has 144 valence electrons. The number of anilines is 1. The summed E-state index contributed by atoms with van der Waals surface area (Å²) in [7, 11) is 0. The van der Waals surface area contributed by atoms with Crippen molar-refractivity contribution in [2.45, 2.75) is 32.4 Å². The highest BCUT2D eigenvalue weighted by molar-refractivity contribution is 5.37. The van der Waals surface area contributed by atoms with Crippen LogP contribution >= 0.6 is 0 Å². The third-order valence-corrected chi connectivity index (χ3v) is 5.99. The molecule has 6 heteroatoms. The van der Waals surface area contributed by atoms with Crippen molar-refractivity contribution in [3.63, 3.8) is 0 Å². The molecule has 0 radical (unpaired) electrons. The fourth-order valence-electron chi connectivity index (χ4n) is 4.60. The molecular weight excluding hydrogens is 348 g/mol. The van der Waals surface area contributed by atoms with Crippen molar-refractivity contribution in [1.82, 2.24) is 24.6 Å². The van der Waals surface area contributed by atoms with Crippen LogP contribution in [-0.2, 0) is 6.54 Å². The van der Waals surface area contributed by atoms with Gasteiger partial charge < -0.3 is 4.90 Å². The Morgan fingerprint density at radius 1 is 1.07 bits per heavy atom. The second-order valence-electron chi connectivity index (χ2n) is 8.13. The predicted octanol–water partition coefficient (Wildman–Crippen LogP) is 3.07. The Labute approximate surface area is 165 Å². The molecule has 2 bridgehead atoms. The zero-order chi connectivity index (χ0) is 18.9. The molecule has 0 N–H and O–H groups in total. The lowest BCUT2D eigenvalue weighted by Gasteiger charge is -2.35. The fraction of sp³-hybridized carbons (Fsp3) is 0.409. The van der Waals surface area contributed by atoms with Gasteiger partial charge in [0, 0.05) is 56.4 Å². The predicted molar refractivity (Wildman–Crippen MR) is 109 cm³/mol. The Bertz CT molecular complexity index is 937. The molecule has 0 spiro atoms. The van der Waals surface area contributed by atoms with Crippen molar-refractivity contribution >= 4 is 5.82 Å². The van der Waals surface area contributed by atoms with Crippen LogP contribution in [0.15, 0.2) is 55.2 Å². The second kappa shape index (κ2) is 7.36. The van der Waals surface area contributed by atoms with Gasteiger partial charge in [-0.3, -0.25) is 9.88 Å². The van der Waals surface area contributed by atoms with E-state index in [2.05, 4.69) is 62.3 Å². The molecule has 6 rings (SSSR count). The topological polar surface area (TPSA) is 50.1 Å². The van der Waals surface area contributed by atoms with Gasteiger partial charge in [-0.2, -0.15) is 5.10 Å². The number of aromatic nitrogens is 4. The van der Waals surface area contributed by atoms with Gasteiger partial charge in [-0.1, -0.05) is 12.1 Å². The molecule has 2 aromatic heterocycles. The van der Waals surface area contributed by atoms with Gasteiger partial charge in [0.2, 0.25) is 0 Å². The molecule has 0 amide bonds. The monoisotopic (exact) mass is 374 g/mol. The van der Waals surface area contributed by atoms with Crippen LogP contribution in [0.3, 0.4) is 0 Å². The number of nitrogens with zero attached hydrogens (tertiary/aromatic N) is 6. The van der Waals surface area contributed by atoms with E-state index in [9.17, 15) is 0 Å². The number of hydrogen-bond donors (Lipinski definition) is 0. The molecule has 0 saturated carbocycles. The molecule has 3 saturated heterocycles. The van der Waals surface area contributed by atoms with Crippen LogP contribution in [0.2, 0.25) is 0 Å². The van der Waals surface area contributed by atoms with E-state index in [0.29, 0.717) is 12.0 Å². The smallest absolute Gasteiger partial charge is 0.147 e. The lowest BCUT2D eigenvalue weighted by atomic mass is 9.95. The molecule has 2 atom stereocenters. The quantitative estimate of drug-likeness (QED) is 0.702. The maximum Gasteiger partial charge on any atom is 0.147 e. The van der Waals surface area contributed by atoms with Crippen LogP contribution < -0.4 is 4.90 Å². The van der Waals surface area contributed by atoms with Crippen LogP contribution in [0.4, 0.5) is 5.82 Å². The van der Waals surface area contributed by atoms with Crippen LogP contribution in [0.5, 0.6) is 0 Å². The van der Waals surface area contributed by atoms with Gasteiger partial charge in [-0.15, -0.1) is 0 Å². The number of benzene rings is 1. The van der Waals surface area contributed by atoms with E-state index in [0.717, 1.165) is 37.7 Å². The number of aryl methyl sites for hydroxylation is 1. The van der Waals surface area contributed by atoms with E-state index < -0.39 is 0 Å². The summed E-state index contributed by atoms with van der Waals surface area (Å²) in [5, 5.41) is 4.60. The normalized spacial score (nSPS) is 22.4. The van der Waals surface area contributed by atoms with E-state index in [4.69, 9.17) is 0 Å². The minimum absolute atomic E-state index is 0.558. The van der Waals surface area contributed by atoms with Crippen molar-refractivity contribution in [2.75, 3.05) is 24.5 Å². The minimum Gasteiger partial charge on any atom is -0.353 e. The van der Waals surface area contributed by atoms with Gasteiger partial charge in [0.25, 0.3) is 0 Å². The Hall–Kier alpha value is -2.73. The van der Waals surface area contributed by atoms with E-state index >= 15 is 0 Å². The highest BCUT2D eigenvalue weighted by atomic mass is 15.3. The van der Waals surface area contributed by atoms with Gasteiger partial charge in [0.1, 0.15) is 5.82 Å². The SMILES string of the molecule is Cc1cccc(-n2cc(CN3C[C@@H]4CC[C@H]3CN(c3cnccn3)C4)cn2)c1. The van der Waals surface area contributed by atoms with Gasteiger partial charge in [0.05, 0.1) is 18.1 Å². The van der Waals surface area contributed by atoms with E-state index in [-0.39, 0.29) is 0 Å². The molecule has 6 nitrogen and oxygen atoms in total. The standard InChI is InChI=1S/C22H26N6/c1-17-3-2-4-20(9-17)28-15-19(10-25-28)14-26-12-18-5-6-21(26)16-27(13-18)22-11-23-7-8-24-22/h2-4,7-11,15,18,21H,5-6,12-14,16H2,1H3/t18-,21-/m0/s1. The van der Waals surface area contributed by atoms with E-state index in [1.807, 2.05) is 17.1 Å². The summed E-state index contributed by atoms with van der Waals surface area (Å²) in [4.78, 5) is 13.8. The molecule has 3 aromatic rings. The third-order valence-electron chi connectivity index (χ3n) is 5.99. The van der Waals surface area contributed by atoms with E-state index in [1.54, 1.807) is 12.4 Å². The first kappa shape index (κ1) is 17.4. The average molecular weight is 374 g/mol. The number of hydrogen-bond acceptors (Lipinski definition) is 5. The fourth-order valence-corrected chi connectivity index (χ4v) is 4.60. The maximum absolute atomic E-state index is 4.60. The summed E-state index contributed by atoms with van der Waals surface area (Å²) < 4.78 is 1.99. The highest BCUT2D eigenvalue weighted by Gasteiger charge is 2.35. The maximum atomic E-state index is 4.60. The first-order valence-electron chi connectivity index (χ1n) is 10.1. The molecule has 0 aliphatic carbocycles. The van der Waals surface area contributed by atoms with Crippen LogP contribution in [-0.4, -0.2) is 50.3 Å². The lowest BCUT2D eigenvalue weighted by Crippen LogP contribution is -2.43. The van der Waals surface area contributed by atoms with Crippen molar-refractivity contribution in [1.29, 1.82) is 0 Å². The van der Waals surface area contributed by atoms with Crippen LogP contribution in [0.1, 0.15) is 24.0 Å². The Morgan fingerprint density at radius 2 is 2.04 bits per heavy atom. The summed E-state index contributed by atoms with van der Waals surface area (Å²) in [6, 6.07) is 9.04. The van der Waals surface area contributed by atoms with E-state index in [1.165, 1.54) is 24.0 Å². The second-order valence-corrected chi connectivity index (χ2v) is 8.13. The lowest BCUT2D eigenvalue weighted by molar-refractivity contribution is 0.126. The van der Waals surface area contributed by atoms with Gasteiger partial charge in [-0.05, 0) is 43.4 Å². The molecule has 5 heterocycles. The first-order chi connectivity index (χ1) is 13.7. The third kappa shape index (κ3) is 3.52. The van der Waals surface area contributed by atoms with Crippen molar-refractivity contribution in [2.24, 2.45) is 5.92 Å². The molecule has 3 aliphatic rings. The molecule has 1 aromatic carbocycles. The molecule has 3 fully saturated rings. The van der Waals surface area contributed by atoms with Gasteiger partial charge in [0.15, 0.2) is 0 Å². The minimum atomic E-state index is 0.558. The van der Waals surface area contributed by atoms with Gasteiger partial charge in [-0.25, -0.2) is 9.67 Å². The Balaban J connectivity index is 1.31. The van der Waals surface area contributed by atoms with Crippen LogP contribution in [0, 0.1) is 12.8 Å². The van der Waals surface area contributed by atoms with Crippen molar-refractivity contribution in [3.05, 3.63) is 66.4 Å². The number of fused-ring (bicyclic) bond motifs is 4. The molecule has 28 heavy (non-hydrogen) atoms. The summed E-state index contributed by atoms with van der Waals surface area (Å²) in [5.41, 5.74) is 3.65. The van der Waals surface area contributed by atoms with Crippen molar-refractivity contribution in [3.8, 4) is 5.69 Å². The van der Waals surface area contributed by atoms with Gasteiger partial charge >= 0.3 is 0 Å². The summed E-state index contributed by atoms with van der Waals surface area (Å²) in [5.74, 6) is 1.70. The Morgan fingerprint density at radius 3 is 2.89 bits per heavy atom. The Kier molecular flexibility index (Phi) is 4.56. The molecule has 0 unspecified atom stereocenters. The highest BCUT2D eigenvalue weighted by Crippen LogP contribution is 2.31. The van der Waals surface area contributed by atoms with Crippen molar-refractivity contribution < 1.29 is 0 Å². The zero-order valence-electron chi connectivity index (χ0n) is 16.3. The molecule has 3 aliphatic heterocycles. The summed E-state index contributed by atoms with van der Waals surface area (Å²) >= 11 is 0. The average Bonchev–Trinajstić information content (AvgIpc) is 2.99. The molecular formula is C22H26N6.